The van der Waals surface area contributed by atoms with Gasteiger partial charge < -0.3 is 15.7 Å². The number of carbonyl (C=O) groups excluding carboxylic acids is 2. The van der Waals surface area contributed by atoms with E-state index < -0.39 is 5.60 Å². The highest BCUT2D eigenvalue weighted by Crippen LogP contribution is 2.52. The first kappa shape index (κ1) is 22.5. The predicted octanol–water partition coefficient (Wildman–Crippen LogP) is 1.66. The van der Waals surface area contributed by atoms with E-state index in [1.165, 1.54) is 4.90 Å². The average molecular weight is 516 g/mol. The van der Waals surface area contributed by atoms with Crippen molar-refractivity contribution in [3.8, 4) is 0 Å². The summed E-state index contributed by atoms with van der Waals surface area (Å²) < 4.78 is 0. The van der Waals surface area contributed by atoms with E-state index in [4.69, 9.17) is 0 Å². The number of rotatable bonds is 7. The van der Waals surface area contributed by atoms with Crippen LogP contribution in [0.15, 0.2) is 17.1 Å². The van der Waals surface area contributed by atoms with Gasteiger partial charge in [-0.1, -0.05) is 25.0 Å². The number of fused-ring (bicyclic) bond motifs is 5. The van der Waals surface area contributed by atoms with Crippen LogP contribution >= 0.6 is 24.0 Å². The van der Waals surface area contributed by atoms with Gasteiger partial charge >= 0.3 is 0 Å². The van der Waals surface area contributed by atoms with Crippen LogP contribution in [0.1, 0.15) is 45.4 Å². The van der Waals surface area contributed by atoms with Gasteiger partial charge in [0.25, 0.3) is 0 Å². The second-order valence-corrected chi connectivity index (χ2v) is 8.73. The molecule has 1 heterocycles. The molecule has 8 heteroatoms. The molecule has 3 fully saturated rings. The molecule has 1 aliphatic heterocycles. The van der Waals surface area contributed by atoms with Crippen molar-refractivity contribution in [2.45, 2.75) is 51.0 Å². The molecule has 4 atom stereocenters. The van der Waals surface area contributed by atoms with Crippen molar-refractivity contribution in [3.63, 3.8) is 0 Å². The van der Waals surface area contributed by atoms with E-state index in [0.717, 1.165) is 38.6 Å². The van der Waals surface area contributed by atoms with Gasteiger partial charge in [0.2, 0.25) is 11.8 Å². The highest BCUT2D eigenvalue weighted by Gasteiger charge is 2.58. The van der Waals surface area contributed by atoms with Gasteiger partial charge in [0.1, 0.15) is 0 Å². The van der Waals surface area contributed by atoms with E-state index in [-0.39, 0.29) is 59.5 Å². The van der Waals surface area contributed by atoms with Gasteiger partial charge in [-0.3, -0.25) is 19.5 Å². The Bertz CT molecular complexity index is 659. The van der Waals surface area contributed by atoms with Crippen LogP contribution in [0.4, 0.5) is 0 Å². The molecule has 0 aromatic carbocycles. The number of nitrogens with zero attached hydrogens (tertiary/aromatic N) is 2. The summed E-state index contributed by atoms with van der Waals surface area (Å²) >= 11 is 0. The van der Waals surface area contributed by atoms with Crippen molar-refractivity contribution in [1.29, 1.82) is 0 Å². The molecular weight excluding hydrogens is 483 g/mol. The normalized spacial score (nSPS) is 31.9. The van der Waals surface area contributed by atoms with E-state index in [9.17, 15) is 14.7 Å². The standard InChI is InChI=1S/C21H32N4O3.HI/c1-2-22-20(24-13-21(28)8-3-4-9-21)23-10-5-11-25-18(26)16-14-6-7-15(12-14)17(16)19(25)27;/h6-7,14-17,28H,2-5,8-13H2,1H3,(H2,22,23,24);1H. The maximum atomic E-state index is 12.7. The highest BCUT2D eigenvalue weighted by molar-refractivity contribution is 14.0. The lowest BCUT2D eigenvalue weighted by atomic mass is 9.85. The van der Waals surface area contributed by atoms with Crippen LogP contribution in [-0.2, 0) is 9.59 Å². The van der Waals surface area contributed by atoms with Crippen molar-refractivity contribution in [3.05, 3.63) is 12.2 Å². The summed E-state index contributed by atoms with van der Waals surface area (Å²) in [6.07, 6.45) is 9.66. The van der Waals surface area contributed by atoms with Crippen LogP contribution in [0.2, 0.25) is 0 Å². The second-order valence-electron chi connectivity index (χ2n) is 8.73. The number of allylic oxidation sites excluding steroid dienone is 2. The predicted molar refractivity (Wildman–Crippen MR) is 122 cm³/mol. The Kier molecular flexibility index (Phi) is 7.24. The van der Waals surface area contributed by atoms with E-state index >= 15 is 0 Å². The number of aliphatic hydroxyl groups is 1. The molecule has 4 aliphatic rings. The van der Waals surface area contributed by atoms with Crippen LogP contribution in [0, 0.1) is 23.7 Å². The molecule has 3 aliphatic carbocycles. The summed E-state index contributed by atoms with van der Waals surface area (Å²) in [5.74, 6) is 1.04. The summed E-state index contributed by atoms with van der Waals surface area (Å²) in [5.41, 5.74) is -0.665. The van der Waals surface area contributed by atoms with Crippen LogP contribution in [0.5, 0.6) is 0 Å². The first-order chi connectivity index (χ1) is 13.5. The molecule has 1 saturated heterocycles. The Morgan fingerprint density at radius 1 is 1.17 bits per heavy atom. The SMILES string of the molecule is CCNC(=NCC1(O)CCCC1)NCCCN1C(=O)C2C3C=CC(C3)C2C1=O.I. The Morgan fingerprint density at radius 2 is 1.79 bits per heavy atom. The summed E-state index contributed by atoms with van der Waals surface area (Å²) in [7, 11) is 0. The Balaban J connectivity index is 0.00000240. The fourth-order valence-corrected chi connectivity index (χ4v) is 5.39. The number of amides is 2. The van der Waals surface area contributed by atoms with Crippen molar-refractivity contribution < 1.29 is 14.7 Å². The third-order valence-electron chi connectivity index (χ3n) is 6.82. The number of guanidine groups is 1. The molecule has 2 amide bonds. The number of hydrogen-bond acceptors (Lipinski definition) is 4. The van der Waals surface area contributed by atoms with Crippen molar-refractivity contribution in [1.82, 2.24) is 15.5 Å². The fraction of sp³-hybridized carbons (Fsp3) is 0.762. The first-order valence-electron chi connectivity index (χ1n) is 10.8. The molecule has 29 heavy (non-hydrogen) atoms. The van der Waals surface area contributed by atoms with E-state index in [1.54, 1.807) is 0 Å². The summed E-state index contributed by atoms with van der Waals surface area (Å²) in [6.45, 7) is 4.24. The highest BCUT2D eigenvalue weighted by atomic mass is 127. The number of imide groups is 1. The molecule has 0 aromatic heterocycles. The quantitative estimate of drug-likeness (QED) is 0.120. The number of halogens is 1. The third kappa shape index (κ3) is 4.47. The van der Waals surface area contributed by atoms with Crippen molar-refractivity contribution in [2.75, 3.05) is 26.2 Å². The third-order valence-corrected chi connectivity index (χ3v) is 6.82. The van der Waals surface area contributed by atoms with Gasteiger partial charge in [-0.15, -0.1) is 24.0 Å². The van der Waals surface area contributed by atoms with E-state index in [2.05, 4.69) is 27.8 Å². The van der Waals surface area contributed by atoms with Crippen LogP contribution in [-0.4, -0.2) is 59.6 Å². The Labute approximate surface area is 189 Å². The molecule has 0 aromatic rings. The lowest BCUT2D eigenvalue weighted by Crippen LogP contribution is -2.41. The van der Waals surface area contributed by atoms with E-state index in [1.807, 2.05) is 6.92 Å². The molecule has 2 saturated carbocycles. The first-order valence-corrected chi connectivity index (χ1v) is 10.8. The second kappa shape index (κ2) is 9.32. The number of nitrogens with one attached hydrogen (secondary N) is 2. The zero-order valence-corrected chi connectivity index (χ0v) is 19.4. The zero-order valence-electron chi connectivity index (χ0n) is 17.1. The number of aliphatic imine (C=N–C) groups is 1. The smallest absolute Gasteiger partial charge is 0.233 e. The molecule has 4 rings (SSSR count). The van der Waals surface area contributed by atoms with Gasteiger partial charge in [-0.25, -0.2) is 0 Å². The van der Waals surface area contributed by atoms with Crippen LogP contribution in [0.25, 0.3) is 0 Å². The average Bonchev–Trinajstić information content (AvgIpc) is 3.44. The number of hydrogen-bond donors (Lipinski definition) is 3. The van der Waals surface area contributed by atoms with Crippen LogP contribution in [0.3, 0.4) is 0 Å². The molecule has 0 spiro atoms. The van der Waals surface area contributed by atoms with E-state index in [0.29, 0.717) is 32.0 Å². The molecule has 2 bridgehead atoms. The minimum absolute atomic E-state index is 0. The monoisotopic (exact) mass is 516 g/mol. The number of carbonyl (C=O) groups is 2. The Hall–Kier alpha value is -1.16. The lowest BCUT2D eigenvalue weighted by molar-refractivity contribution is -0.140. The minimum atomic E-state index is -0.665. The van der Waals surface area contributed by atoms with Gasteiger partial charge in [0.05, 0.1) is 24.0 Å². The van der Waals surface area contributed by atoms with Gasteiger partial charge in [0.15, 0.2) is 5.96 Å². The molecule has 7 nitrogen and oxygen atoms in total. The van der Waals surface area contributed by atoms with Gasteiger partial charge in [-0.05, 0) is 44.4 Å². The number of likely N-dealkylation sites (tertiary alicyclic amines) is 1. The largest absolute Gasteiger partial charge is 0.388 e. The van der Waals surface area contributed by atoms with Gasteiger partial charge in [0, 0.05) is 19.6 Å². The summed E-state index contributed by atoms with van der Waals surface area (Å²) in [5, 5.41) is 16.9. The molecule has 162 valence electrons. The summed E-state index contributed by atoms with van der Waals surface area (Å²) in [6, 6.07) is 0. The lowest BCUT2D eigenvalue weighted by Gasteiger charge is -2.21. The molecule has 3 N–H and O–H groups in total. The zero-order chi connectivity index (χ0) is 19.7. The molecule has 4 unspecified atom stereocenters. The van der Waals surface area contributed by atoms with Crippen LogP contribution < -0.4 is 10.6 Å². The molecular formula is C21H33IN4O3. The molecule has 0 radical (unpaired) electrons. The maximum Gasteiger partial charge on any atom is 0.233 e. The topological polar surface area (TPSA) is 94.0 Å². The fourth-order valence-electron chi connectivity index (χ4n) is 5.39. The van der Waals surface area contributed by atoms with Crippen molar-refractivity contribution >= 4 is 41.8 Å². The van der Waals surface area contributed by atoms with Crippen molar-refractivity contribution in [2.24, 2.45) is 28.7 Å². The maximum absolute atomic E-state index is 12.7. The Morgan fingerprint density at radius 3 is 2.38 bits per heavy atom. The minimum Gasteiger partial charge on any atom is -0.388 e. The summed E-state index contributed by atoms with van der Waals surface area (Å²) in [4.78, 5) is 31.4. The van der Waals surface area contributed by atoms with Gasteiger partial charge in [-0.2, -0.15) is 0 Å².